The van der Waals surface area contributed by atoms with Gasteiger partial charge in [-0.05, 0) is 52.0 Å². The summed E-state index contributed by atoms with van der Waals surface area (Å²) in [5.74, 6) is 0.121. The standard InChI is InChI=1S/C13H24N2O2/c1-3-17-12(16)13(14,11-6-7-11)9-15-8-4-5-10(15)2/h10-11H,3-9,14H2,1-2H3. The lowest BCUT2D eigenvalue weighted by molar-refractivity contribution is -0.151. The number of carbonyl (C=O) groups is 1. The Bertz CT molecular complexity index is 291. The van der Waals surface area contributed by atoms with Crippen molar-refractivity contribution < 1.29 is 9.53 Å². The number of rotatable bonds is 5. The third-order valence-corrected chi connectivity index (χ3v) is 4.12. The first-order valence-corrected chi connectivity index (χ1v) is 6.78. The van der Waals surface area contributed by atoms with Gasteiger partial charge in [0.25, 0.3) is 0 Å². The van der Waals surface area contributed by atoms with Crippen molar-refractivity contribution in [2.75, 3.05) is 19.7 Å². The van der Waals surface area contributed by atoms with E-state index in [1.165, 1.54) is 12.8 Å². The molecule has 98 valence electrons. The van der Waals surface area contributed by atoms with E-state index in [9.17, 15) is 4.79 Å². The Morgan fingerprint density at radius 1 is 1.47 bits per heavy atom. The highest BCUT2D eigenvalue weighted by molar-refractivity contribution is 5.82. The number of hydrogen-bond acceptors (Lipinski definition) is 4. The molecule has 0 bridgehead atoms. The van der Waals surface area contributed by atoms with E-state index in [0.717, 1.165) is 19.4 Å². The van der Waals surface area contributed by atoms with E-state index in [2.05, 4.69) is 11.8 Å². The summed E-state index contributed by atoms with van der Waals surface area (Å²) in [6.45, 7) is 6.19. The van der Waals surface area contributed by atoms with Crippen molar-refractivity contribution in [3.05, 3.63) is 0 Å². The largest absolute Gasteiger partial charge is 0.465 e. The number of nitrogens with two attached hydrogens (primary N) is 1. The minimum Gasteiger partial charge on any atom is -0.465 e. The first kappa shape index (κ1) is 12.8. The second-order valence-corrected chi connectivity index (χ2v) is 5.50. The number of ether oxygens (including phenoxy) is 1. The van der Waals surface area contributed by atoms with Gasteiger partial charge in [0, 0.05) is 12.6 Å². The van der Waals surface area contributed by atoms with E-state index in [0.29, 0.717) is 25.1 Å². The summed E-state index contributed by atoms with van der Waals surface area (Å²) in [7, 11) is 0. The van der Waals surface area contributed by atoms with E-state index in [1.54, 1.807) is 0 Å². The van der Waals surface area contributed by atoms with Crippen LogP contribution in [0.25, 0.3) is 0 Å². The molecule has 2 N–H and O–H groups in total. The van der Waals surface area contributed by atoms with Gasteiger partial charge < -0.3 is 10.5 Å². The van der Waals surface area contributed by atoms with Crippen molar-refractivity contribution in [1.82, 2.24) is 4.90 Å². The Hall–Kier alpha value is -0.610. The van der Waals surface area contributed by atoms with Gasteiger partial charge in [0.15, 0.2) is 0 Å². The smallest absolute Gasteiger partial charge is 0.327 e. The summed E-state index contributed by atoms with van der Waals surface area (Å²) in [6.07, 6.45) is 4.56. The van der Waals surface area contributed by atoms with Gasteiger partial charge >= 0.3 is 5.97 Å². The number of esters is 1. The molecule has 1 aliphatic heterocycles. The van der Waals surface area contributed by atoms with Gasteiger partial charge in [0.1, 0.15) is 5.54 Å². The molecule has 1 saturated heterocycles. The number of nitrogens with zero attached hydrogens (tertiary/aromatic N) is 1. The third kappa shape index (κ3) is 2.63. The number of carbonyl (C=O) groups excluding carboxylic acids is 1. The topological polar surface area (TPSA) is 55.6 Å². The molecule has 0 aromatic rings. The molecule has 0 radical (unpaired) electrons. The SMILES string of the molecule is CCOC(=O)C(N)(CN1CCCC1C)C1CC1. The Morgan fingerprint density at radius 2 is 2.18 bits per heavy atom. The van der Waals surface area contributed by atoms with Crippen molar-refractivity contribution in [1.29, 1.82) is 0 Å². The molecule has 2 rings (SSSR count). The number of hydrogen-bond donors (Lipinski definition) is 1. The molecule has 2 fully saturated rings. The quantitative estimate of drug-likeness (QED) is 0.732. The summed E-state index contributed by atoms with van der Waals surface area (Å²) in [6, 6.07) is 0.547. The fraction of sp³-hybridized carbons (Fsp3) is 0.923. The minimum absolute atomic E-state index is 0.207. The fourth-order valence-corrected chi connectivity index (χ4v) is 2.79. The lowest BCUT2D eigenvalue weighted by Crippen LogP contribution is -2.59. The zero-order chi connectivity index (χ0) is 12.5. The molecule has 0 spiro atoms. The lowest BCUT2D eigenvalue weighted by atomic mass is 9.93. The van der Waals surface area contributed by atoms with Gasteiger partial charge in [0.05, 0.1) is 6.61 Å². The molecule has 2 aliphatic rings. The minimum atomic E-state index is -0.769. The zero-order valence-corrected chi connectivity index (χ0v) is 10.9. The molecular weight excluding hydrogens is 216 g/mol. The zero-order valence-electron chi connectivity index (χ0n) is 10.9. The van der Waals surface area contributed by atoms with Crippen LogP contribution in [0.4, 0.5) is 0 Å². The molecule has 1 saturated carbocycles. The first-order valence-electron chi connectivity index (χ1n) is 6.78. The van der Waals surface area contributed by atoms with Crippen LogP contribution >= 0.6 is 0 Å². The Morgan fingerprint density at radius 3 is 2.65 bits per heavy atom. The van der Waals surface area contributed by atoms with Gasteiger partial charge in [-0.15, -0.1) is 0 Å². The second kappa shape index (κ2) is 4.94. The molecular formula is C13H24N2O2. The van der Waals surface area contributed by atoms with Gasteiger partial charge in [-0.1, -0.05) is 0 Å². The van der Waals surface area contributed by atoms with Crippen molar-refractivity contribution >= 4 is 5.97 Å². The Balaban J connectivity index is 2.03. The van der Waals surface area contributed by atoms with Crippen LogP contribution in [0.15, 0.2) is 0 Å². The second-order valence-electron chi connectivity index (χ2n) is 5.50. The molecule has 0 aromatic carbocycles. The molecule has 2 atom stereocenters. The molecule has 1 aliphatic carbocycles. The van der Waals surface area contributed by atoms with Crippen LogP contribution in [0.3, 0.4) is 0 Å². The van der Waals surface area contributed by atoms with Crippen LogP contribution in [-0.2, 0) is 9.53 Å². The van der Waals surface area contributed by atoms with Gasteiger partial charge in [0.2, 0.25) is 0 Å². The van der Waals surface area contributed by atoms with Crippen LogP contribution in [0, 0.1) is 5.92 Å². The lowest BCUT2D eigenvalue weighted by Gasteiger charge is -2.33. The molecule has 2 unspecified atom stereocenters. The van der Waals surface area contributed by atoms with Crippen LogP contribution in [-0.4, -0.2) is 42.1 Å². The Kier molecular flexibility index (Phi) is 3.73. The average molecular weight is 240 g/mol. The maximum absolute atomic E-state index is 12.1. The maximum Gasteiger partial charge on any atom is 0.327 e. The van der Waals surface area contributed by atoms with Crippen molar-refractivity contribution in [3.8, 4) is 0 Å². The summed E-state index contributed by atoms with van der Waals surface area (Å²) >= 11 is 0. The summed E-state index contributed by atoms with van der Waals surface area (Å²) in [5.41, 5.74) is 5.59. The molecule has 4 heteroatoms. The van der Waals surface area contributed by atoms with Gasteiger partial charge in [-0.2, -0.15) is 0 Å². The van der Waals surface area contributed by atoms with Gasteiger partial charge in [-0.25, -0.2) is 4.79 Å². The van der Waals surface area contributed by atoms with Crippen LogP contribution < -0.4 is 5.73 Å². The molecule has 17 heavy (non-hydrogen) atoms. The fourth-order valence-electron chi connectivity index (χ4n) is 2.79. The van der Waals surface area contributed by atoms with Crippen molar-refractivity contribution in [2.45, 2.75) is 51.1 Å². The van der Waals surface area contributed by atoms with E-state index in [1.807, 2.05) is 6.92 Å². The van der Waals surface area contributed by atoms with Crippen molar-refractivity contribution in [3.63, 3.8) is 0 Å². The third-order valence-electron chi connectivity index (χ3n) is 4.12. The maximum atomic E-state index is 12.1. The summed E-state index contributed by atoms with van der Waals surface area (Å²) in [4.78, 5) is 14.4. The normalized spacial score (nSPS) is 29.0. The first-order chi connectivity index (χ1) is 8.08. The molecule has 1 heterocycles. The highest BCUT2D eigenvalue weighted by atomic mass is 16.5. The monoisotopic (exact) mass is 240 g/mol. The van der Waals surface area contributed by atoms with Crippen LogP contribution in [0.1, 0.15) is 39.5 Å². The van der Waals surface area contributed by atoms with E-state index in [-0.39, 0.29) is 5.97 Å². The molecule has 0 aromatic heterocycles. The van der Waals surface area contributed by atoms with E-state index >= 15 is 0 Å². The average Bonchev–Trinajstić information content (AvgIpc) is 3.06. The predicted octanol–water partition coefficient (Wildman–Crippen LogP) is 1.14. The van der Waals surface area contributed by atoms with Crippen molar-refractivity contribution in [2.24, 2.45) is 11.7 Å². The van der Waals surface area contributed by atoms with Gasteiger partial charge in [-0.3, -0.25) is 4.90 Å². The molecule has 0 amide bonds. The Labute approximate surface area is 103 Å². The predicted molar refractivity (Wildman–Crippen MR) is 66.5 cm³/mol. The highest BCUT2D eigenvalue weighted by Crippen LogP contribution is 2.40. The summed E-state index contributed by atoms with van der Waals surface area (Å²) in [5, 5.41) is 0. The molecule has 4 nitrogen and oxygen atoms in total. The van der Waals surface area contributed by atoms with Crippen LogP contribution in [0.5, 0.6) is 0 Å². The highest BCUT2D eigenvalue weighted by Gasteiger charge is 2.50. The van der Waals surface area contributed by atoms with E-state index in [4.69, 9.17) is 10.5 Å². The van der Waals surface area contributed by atoms with E-state index < -0.39 is 5.54 Å². The van der Waals surface area contributed by atoms with Crippen LogP contribution in [0.2, 0.25) is 0 Å². The summed E-state index contributed by atoms with van der Waals surface area (Å²) < 4.78 is 5.16. The number of likely N-dealkylation sites (tertiary alicyclic amines) is 1.